The number of rotatable bonds is 5. The maximum atomic E-state index is 12.6. The highest BCUT2D eigenvalue weighted by Gasteiger charge is 2.24. The molecular weight excluding hydrogens is 344 g/mol. The van der Waals surface area contributed by atoms with E-state index in [1.807, 2.05) is 49.4 Å². The Hall–Kier alpha value is -1.84. The SMILES string of the molecule is Cc1ccc(C(=O)NC[C@@H](c2ccccc2Cl)N2CCCCCC2)cc1. The van der Waals surface area contributed by atoms with E-state index in [1.54, 1.807) is 0 Å². The Bertz CT molecular complexity index is 721. The number of amides is 1. The minimum Gasteiger partial charge on any atom is -0.350 e. The normalized spacial score (nSPS) is 16.7. The summed E-state index contributed by atoms with van der Waals surface area (Å²) in [6.07, 6.45) is 4.96. The lowest BCUT2D eigenvalue weighted by molar-refractivity contribution is 0.0933. The molecule has 0 radical (unpaired) electrons. The Morgan fingerprint density at radius 3 is 2.35 bits per heavy atom. The van der Waals surface area contributed by atoms with Crippen molar-refractivity contribution in [3.63, 3.8) is 0 Å². The second-order valence-electron chi connectivity index (χ2n) is 7.06. The van der Waals surface area contributed by atoms with E-state index in [-0.39, 0.29) is 11.9 Å². The third-order valence-electron chi connectivity index (χ3n) is 5.12. The molecule has 3 nitrogen and oxygen atoms in total. The van der Waals surface area contributed by atoms with E-state index in [0.717, 1.165) is 29.2 Å². The van der Waals surface area contributed by atoms with Crippen molar-refractivity contribution in [2.45, 2.75) is 38.6 Å². The molecule has 0 spiro atoms. The van der Waals surface area contributed by atoms with Crippen LogP contribution in [0.15, 0.2) is 48.5 Å². The van der Waals surface area contributed by atoms with Crippen LogP contribution in [0.3, 0.4) is 0 Å². The first-order chi connectivity index (χ1) is 12.6. The molecule has 0 saturated carbocycles. The predicted octanol–water partition coefficient (Wildman–Crippen LogP) is 5.00. The first kappa shape index (κ1) is 18.9. The number of nitrogens with zero attached hydrogens (tertiary/aromatic N) is 1. The van der Waals surface area contributed by atoms with Crippen LogP contribution in [0.25, 0.3) is 0 Å². The average molecular weight is 371 g/mol. The summed E-state index contributed by atoms with van der Waals surface area (Å²) in [6, 6.07) is 15.8. The molecule has 0 unspecified atom stereocenters. The number of halogens is 1. The third-order valence-corrected chi connectivity index (χ3v) is 5.46. The van der Waals surface area contributed by atoms with Crippen molar-refractivity contribution in [3.8, 4) is 0 Å². The van der Waals surface area contributed by atoms with Crippen LogP contribution in [0, 0.1) is 6.92 Å². The van der Waals surface area contributed by atoms with Gasteiger partial charge in [-0.15, -0.1) is 0 Å². The molecule has 2 aromatic rings. The Morgan fingerprint density at radius 1 is 1.04 bits per heavy atom. The van der Waals surface area contributed by atoms with Gasteiger partial charge in [0.25, 0.3) is 5.91 Å². The van der Waals surface area contributed by atoms with Gasteiger partial charge >= 0.3 is 0 Å². The van der Waals surface area contributed by atoms with Crippen molar-refractivity contribution in [1.29, 1.82) is 0 Å². The number of benzene rings is 2. The fourth-order valence-corrected chi connectivity index (χ4v) is 3.85. The summed E-state index contributed by atoms with van der Waals surface area (Å²) in [5.74, 6) is -0.0307. The first-order valence-electron chi connectivity index (χ1n) is 9.48. The molecule has 1 aliphatic heterocycles. The summed E-state index contributed by atoms with van der Waals surface area (Å²) in [4.78, 5) is 15.0. The molecule has 0 bridgehead atoms. The fourth-order valence-electron chi connectivity index (χ4n) is 3.58. The highest BCUT2D eigenvalue weighted by Crippen LogP contribution is 2.29. The van der Waals surface area contributed by atoms with Gasteiger partial charge in [-0.3, -0.25) is 9.69 Å². The zero-order chi connectivity index (χ0) is 18.4. The molecule has 1 aliphatic rings. The van der Waals surface area contributed by atoms with Crippen LogP contribution < -0.4 is 5.32 Å². The van der Waals surface area contributed by atoms with E-state index >= 15 is 0 Å². The summed E-state index contributed by atoms with van der Waals surface area (Å²) in [5.41, 5.74) is 2.95. The highest BCUT2D eigenvalue weighted by atomic mass is 35.5. The molecule has 1 fully saturated rings. The molecule has 1 saturated heterocycles. The average Bonchev–Trinajstić information content (AvgIpc) is 2.93. The van der Waals surface area contributed by atoms with Crippen LogP contribution in [0.2, 0.25) is 5.02 Å². The van der Waals surface area contributed by atoms with Crippen molar-refractivity contribution >= 4 is 17.5 Å². The summed E-state index contributed by atoms with van der Waals surface area (Å²) in [7, 11) is 0. The van der Waals surface area contributed by atoms with Crippen molar-refractivity contribution < 1.29 is 4.79 Å². The Morgan fingerprint density at radius 2 is 1.69 bits per heavy atom. The van der Waals surface area contributed by atoms with E-state index in [2.05, 4.69) is 16.3 Å². The zero-order valence-corrected chi connectivity index (χ0v) is 16.1. The van der Waals surface area contributed by atoms with Gasteiger partial charge < -0.3 is 5.32 Å². The lowest BCUT2D eigenvalue weighted by atomic mass is 10.0. The van der Waals surface area contributed by atoms with Crippen LogP contribution in [0.4, 0.5) is 0 Å². The van der Waals surface area contributed by atoms with Crippen molar-refractivity contribution in [3.05, 3.63) is 70.2 Å². The van der Waals surface area contributed by atoms with E-state index in [4.69, 9.17) is 11.6 Å². The number of nitrogens with one attached hydrogen (secondary N) is 1. The summed E-state index contributed by atoms with van der Waals surface area (Å²) < 4.78 is 0. The standard InChI is InChI=1S/C22H27ClN2O/c1-17-10-12-18(13-11-17)22(26)24-16-21(19-8-4-5-9-20(19)23)25-14-6-2-3-7-15-25/h4-5,8-13,21H,2-3,6-7,14-16H2,1H3,(H,24,26)/t21-/m0/s1. The van der Waals surface area contributed by atoms with Crippen molar-refractivity contribution in [2.24, 2.45) is 0 Å². The maximum Gasteiger partial charge on any atom is 0.251 e. The second kappa shape index (κ2) is 9.20. The van der Waals surface area contributed by atoms with Gasteiger partial charge in [0.05, 0.1) is 6.04 Å². The summed E-state index contributed by atoms with van der Waals surface area (Å²) in [5, 5.41) is 3.89. The van der Waals surface area contributed by atoms with Gasteiger partial charge in [-0.2, -0.15) is 0 Å². The lowest BCUT2D eigenvalue weighted by Crippen LogP contribution is -2.38. The van der Waals surface area contributed by atoms with Gasteiger partial charge in [0.2, 0.25) is 0 Å². The highest BCUT2D eigenvalue weighted by molar-refractivity contribution is 6.31. The Kier molecular flexibility index (Phi) is 6.70. The van der Waals surface area contributed by atoms with Crippen LogP contribution in [0.5, 0.6) is 0 Å². The van der Waals surface area contributed by atoms with Gasteiger partial charge in [-0.25, -0.2) is 0 Å². The number of likely N-dealkylation sites (tertiary alicyclic amines) is 1. The molecule has 4 heteroatoms. The molecule has 138 valence electrons. The quantitative estimate of drug-likeness (QED) is 0.803. The molecule has 1 amide bonds. The van der Waals surface area contributed by atoms with E-state index < -0.39 is 0 Å². The number of carbonyl (C=O) groups excluding carboxylic acids is 1. The maximum absolute atomic E-state index is 12.6. The Balaban J connectivity index is 1.76. The predicted molar refractivity (Wildman–Crippen MR) is 108 cm³/mol. The summed E-state index contributed by atoms with van der Waals surface area (Å²) >= 11 is 6.49. The molecule has 1 atom stereocenters. The number of aryl methyl sites for hydroxylation is 1. The zero-order valence-electron chi connectivity index (χ0n) is 15.4. The summed E-state index contributed by atoms with van der Waals surface area (Å²) in [6.45, 7) is 4.69. The van der Waals surface area contributed by atoms with Gasteiger partial charge in [-0.1, -0.05) is 60.3 Å². The van der Waals surface area contributed by atoms with Crippen molar-refractivity contribution in [1.82, 2.24) is 10.2 Å². The van der Waals surface area contributed by atoms with Crippen LogP contribution in [0.1, 0.15) is 53.2 Å². The van der Waals surface area contributed by atoms with Crippen molar-refractivity contribution in [2.75, 3.05) is 19.6 Å². The molecular formula is C22H27ClN2O. The van der Waals surface area contributed by atoms with Crippen LogP contribution in [-0.2, 0) is 0 Å². The van der Waals surface area contributed by atoms with Gasteiger partial charge in [-0.05, 0) is 56.6 Å². The first-order valence-corrected chi connectivity index (χ1v) is 9.86. The smallest absolute Gasteiger partial charge is 0.251 e. The van der Waals surface area contributed by atoms with E-state index in [0.29, 0.717) is 12.1 Å². The monoisotopic (exact) mass is 370 g/mol. The van der Waals surface area contributed by atoms with Gasteiger partial charge in [0.1, 0.15) is 0 Å². The molecule has 0 aliphatic carbocycles. The topological polar surface area (TPSA) is 32.3 Å². The van der Waals surface area contributed by atoms with Crippen LogP contribution >= 0.6 is 11.6 Å². The molecule has 0 aromatic heterocycles. The van der Waals surface area contributed by atoms with E-state index in [1.165, 1.54) is 25.7 Å². The van der Waals surface area contributed by atoms with Gasteiger partial charge in [0.15, 0.2) is 0 Å². The Labute approximate surface area is 161 Å². The minimum atomic E-state index is -0.0307. The fraction of sp³-hybridized carbons (Fsp3) is 0.409. The molecule has 3 rings (SSSR count). The number of carbonyl (C=O) groups is 1. The third kappa shape index (κ3) is 4.87. The molecule has 2 aromatic carbocycles. The number of hydrogen-bond donors (Lipinski definition) is 1. The second-order valence-corrected chi connectivity index (χ2v) is 7.47. The largest absolute Gasteiger partial charge is 0.350 e. The lowest BCUT2D eigenvalue weighted by Gasteiger charge is -2.31. The van der Waals surface area contributed by atoms with Gasteiger partial charge in [0, 0.05) is 17.1 Å². The molecule has 26 heavy (non-hydrogen) atoms. The minimum absolute atomic E-state index is 0.0307. The van der Waals surface area contributed by atoms with E-state index in [9.17, 15) is 4.79 Å². The number of hydrogen-bond acceptors (Lipinski definition) is 2. The molecule has 1 N–H and O–H groups in total. The molecule has 1 heterocycles. The van der Waals surface area contributed by atoms with Crippen LogP contribution in [-0.4, -0.2) is 30.4 Å².